The lowest BCUT2D eigenvalue weighted by atomic mass is 10.1. The highest BCUT2D eigenvalue weighted by Gasteiger charge is 2.14. The number of nitrogens with zero attached hydrogens (tertiary/aromatic N) is 3. The van der Waals surface area contributed by atoms with Crippen LogP contribution in [0.1, 0.15) is 11.1 Å². The molecule has 0 spiro atoms. The average Bonchev–Trinajstić information content (AvgIpc) is 2.92. The van der Waals surface area contributed by atoms with Gasteiger partial charge in [-0.1, -0.05) is 37.9 Å². The van der Waals surface area contributed by atoms with Crippen molar-refractivity contribution in [3.8, 4) is 22.9 Å². The van der Waals surface area contributed by atoms with Gasteiger partial charge in [-0.15, -0.1) is 0 Å². The van der Waals surface area contributed by atoms with E-state index in [-0.39, 0.29) is 0 Å². The predicted molar refractivity (Wildman–Crippen MR) is 89.9 cm³/mol. The van der Waals surface area contributed by atoms with Crippen LogP contribution in [0.25, 0.3) is 22.9 Å². The number of H-pyrrole nitrogens is 1. The van der Waals surface area contributed by atoms with Crippen LogP contribution in [-0.2, 0) is 0 Å². The van der Waals surface area contributed by atoms with Crippen molar-refractivity contribution < 1.29 is 0 Å². The molecule has 1 aromatic carbocycles. The molecule has 4 nitrogen and oxygen atoms in total. The molecule has 0 saturated carbocycles. The summed E-state index contributed by atoms with van der Waals surface area (Å²) >= 11 is 7.05. The predicted octanol–water partition coefficient (Wildman–Crippen LogP) is 4.68. The van der Waals surface area contributed by atoms with Crippen molar-refractivity contribution in [2.24, 2.45) is 0 Å². The second-order valence-electron chi connectivity index (χ2n) is 4.74. The van der Waals surface area contributed by atoms with Crippen LogP contribution in [-0.4, -0.2) is 20.2 Å². The lowest BCUT2D eigenvalue weighted by Crippen LogP contribution is -1.90. The number of pyridine rings is 1. The van der Waals surface area contributed by atoms with Gasteiger partial charge in [0.15, 0.2) is 11.6 Å². The third kappa shape index (κ3) is 2.78. The van der Waals surface area contributed by atoms with E-state index in [2.05, 4.69) is 52.0 Å². The fraction of sp³-hybridized carbons (Fsp3) is 0.133. The SMILES string of the molecule is Cc1cccnc1-c1nc(-c2cc(Br)cc(Br)c2C)n[nH]1. The summed E-state index contributed by atoms with van der Waals surface area (Å²) in [5, 5.41) is 7.30. The Labute approximate surface area is 139 Å². The Morgan fingerprint density at radius 1 is 1.14 bits per heavy atom. The minimum Gasteiger partial charge on any atom is -0.257 e. The van der Waals surface area contributed by atoms with Gasteiger partial charge in [-0.3, -0.25) is 10.1 Å². The zero-order valence-electron chi connectivity index (χ0n) is 11.5. The number of aryl methyl sites for hydroxylation is 1. The molecule has 0 aliphatic heterocycles. The van der Waals surface area contributed by atoms with Gasteiger partial charge in [0.05, 0.1) is 0 Å². The average molecular weight is 408 g/mol. The highest BCUT2D eigenvalue weighted by molar-refractivity contribution is 9.11. The Morgan fingerprint density at radius 2 is 1.95 bits per heavy atom. The number of rotatable bonds is 2. The summed E-state index contributed by atoms with van der Waals surface area (Å²) in [7, 11) is 0. The van der Waals surface area contributed by atoms with E-state index in [1.807, 2.05) is 38.1 Å². The van der Waals surface area contributed by atoms with Gasteiger partial charge < -0.3 is 0 Å². The maximum Gasteiger partial charge on any atom is 0.181 e. The first kappa shape index (κ1) is 14.4. The number of nitrogens with one attached hydrogen (secondary N) is 1. The Morgan fingerprint density at radius 3 is 2.71 bits per heavy atom. The molecule has 2 aromatic heterocycles. The standard InChI is InChI=1S/C15H12Br2N4/c1-8-4-3-5-18-13(8)15-19-14(20-21-15)11-6-10(16)7-12(17)9(11)2/h3-7H,1-2H3,(H,19,20,21). The van der Waals surface area contributed by atoms with E-state index in [1.165, 1.54) is 0 Å². The van der Waals surface area contributed by atoms with Gasteiger partial charge in [0, 0.05) is 20.7 Å². The number of halogens is 2. The number of hydrogen-bond donors (Lipinski definition) is 1. The monoisotopic (exact) mass is 406 g/mol. The van der Waals surface area contributed by atoms with E-state index in [0.29, 0.717) is 11.6 Å². The molecule has 0 amide bonds. The fourth-order valence-corrected chi connectivity index (χ4v) is 3.33. The molecule has 2 heterocycles. The third-order valence-electron chi connectivity index (χ3n) is 3.27. The molecular formula is C15H12Br2N4. The van der Waals surface area contributed by atoms with Crippen LogP contribution in [0.4, 0.5) is 0 Å². The summed E-state index contributed by atoms with van der Waals surface area (Å²) in [6.45, 7) is 4.04. The summed E-state index contributed by atoms with van der Waals surface area (Å²) in [5.74, 6) is 1.34. The van der Waals surface area contributed by atoms with Gasteiger partial charge in [0.25, 0.3) is 0 Å². The van der Waals surface area contributed by atoms with Crippen molar-refractivity contribution in [2.75, 3.05) is 0 Å². The van der Waals surface area contributed by atoms with E-state index in [0.717, 1.165) is 31.3 Å². The normalized spacial score (nSPS) is 10.9. The van der Waals surface area contributed by atoms with Gasteiger partial charge >= 0.3 is 0 Å². The van der Waals surface area contributed by atoms with Gasteiger partial charge in [-0.05, 0) is 43.2 Å². The first-order valence-electron chi connectivity index (χ1n) is 6.36. The van der Waals surface area contributed by atoms with Crippen molar-refractivity contribution >= 4 is 31.9 Å². The summed E-state index contributed by atoms with van der Waals surface area (Å²) in [4.78, 5) is 8.94. The number of aromatic nitrogens is 4. The molecule has 21 heavy (non-hydrogen) atoms. The molecule has 0 bridgehead atoms. The van der Waals surface area contributed by atoms with Crippen molar-refractivity contribution in [1.82, 2.24) is 20.2 Å². The molecule has 0 saturated heterocycles. The van der Waals surface area contributed by atoms with E-state index >= 15 is 0 Å². The number of hydrogen-bond acceptors (Lipinski definition) is 3. The quantitative estimate of drug-likeness (QED) is 0.671. The highest BCUT2D eigenvalue weighted by atomic mass is 79.9. The van der Waals surface area contributed by atoms with Crippen LogP contribution >= 0.6 is 31.9 Å². The van der Waals surface area contributed by atoms with Crippen LogP contribution in [0, 0.1) is 13.8 Å². The summed E-state index contributed by atoms with van der Waals surface area (Å²) in [6.07, 6.45) is 1.76. The van der Waals surface area contributed by atoms with Crippen molar-refractivity contribution in [1.29, 1.82) is 0 Å². The first-order chi connectivity index (χ1) is 10.1. The Balaban J connectivity index is 2.09. The van der Waals surface area contributed by atoms with E-state index < -0.39 is 0 Å². The zero-order chi connectivity index (χ0) is 15.0. The third-order valence-corrected chi connectivity index (χ3v) is 4.55. The first-order valence-corrected chi connectivity index (χ1v) is 7.95. The number of benzene rings is 1. The highest BCUT2D eigenvalue weighted by Crippen LogP contribution is 2.31. The molecule has 0 aliphatic carbocycles. The lowest BCUT2D eigenvalue weighted by Gasteiger charge is -2.05. The van der Waals surface area contributed by atoms with E-state index in [4.69, 9.17) is 0 Å². The van der Waals surface area contributed by atoms with Crippen molar-refractivity contribution in [2.45, 2.75) is 13.8 Å². The molecule has 0 unspecified atom stereocenters. The molecule has 0 radical (unpaired) electrons. The number of aromatic amines is 1. The molecule has 0 atom stereocenters. The van der Waals surface area contributed by atoms with Crippen LogP contribution in [0.15, 0.2) is 39.4 Å². The summed E-state index contributed by atoms with van der Waals surface area (Å²) in [6, 6.07) is 7.94. The maximum absolute atomic E-state index is 4.58. The minimum atomic E-state index is 0.662. The van der Waals surface area contributed by atoms with Gasteiger partial charge in [-0.2, -0.15) is 5.10 Å². The molecule has 3 rings (SSSR count). The van der Waals surface area contributed by atoms with E-state index in [1.54, 1.807) is 6.20 Å². The van der Waals surface area contributed by atoms with Crippen molar-refractivity contribution in [3.63, 3.8) is 0 Å². The topological polar surface area (TPSA) is 54.5 Å². The fourth-order valence-electron chi connectivity index (χ4n) is 2.10. The molecular weight excluding hydrogens is 396 g/mol. The van der Waals surface area contributed by atoms with Gasteiger partial charge in [-0.25, -0.2) is 4.98 Å². The second-order valence-corrected chi connectivity index (χ2v) is 6.51. The minimum absolute atomic E-state index is 0.662. The Kier molecular flexibility index (Phi) is 3.91. The zero-order valence-corrected chi connectivity index (χ0v) is 14.7. The Bertz CT molecular complexity index is 811. The van der Waals surface area contributed by atoms with E-state index in [9.17, 15) is 0 Å². The molecule has 1 N–H and O–H groups in total. The second kappa shape index (κ2) is 5.69. The molecule has 106 valence electrons. The smallest absolute Gasteiger partial charge is 0.181 e. The summed E-state index contributed by atoms with van der Waals surface area (Å²) < 4.78 is 2.00. The van der Waals surface area contributed by atoms with Gasteiger partial charge in [0.1, 0.15) is 5.69 Å². The lowest BCUT2D eigenvalue weighted by molar-refractivity contribution is 1.08. The van der Waals surface area contributed by atoms with Crippen LogP contribution < -0.4 is 0 Å². The van der Waals surface area contributed by atoms with Gasteiger partial charge in [0.2, 0.25) is 0 Å². The molecule has 3 aromatic rings. The van der Waals surface area contributed by atoms with Crippen LogP contribution in [0.3, 0.4) is 0 Å². The Hall–Kier alpha value is -1.53. The molecule has 0 aliphatic rings. The van der Waals surface area contributed by atoms with Crippen molar-refractivity contribution in [3.05, 3.63) is 50.5 Å². The molecule has 0 fully saturated rings. The largest absolute Gasteiger partial charge is 0.257 e. The maximum atomic E-state index is 4.58. The molecule has 6 heteroatoms. The summed E-state index contributed by atoms with van der Waals surface area (Å²) in [5.41, 5.74) is 3.96. The van der Waals surface area contributed by atoms with Crippen LogP contribution in [0.2, 0.25) is 0 Å². The van der Waals surface area contributed by atoms with Crippen LogP contribution in [0.5, 0.6) is 0 Å².